The minimum Gasteiger partial charge on any atom is -0.444 e. The van der Waals surface area contributed by atoms with Gasteiger partial charge >= 0.3 is 0 Å². The zero-order chi connectivity index (χ0) is 12.1. The predicted octanol–water partition coefficient (Wildman–Crippen LogP) is 0.853. The molecule has 0 spiro atoms. The van der Waals surface area contributed by atoms with Gasteiger partial charge in [-0.15, -0.1) is 0 Å². The highest BCUT2D eigenvalue weighted by Crippen LogP contribution is 2.12. The maximum Gasteiger partial charge on any atom is 0.223 e. The van der Waals surface area contributed by atoms with E-state index < -0.39 is 0 Å². The van der Waals surface area contributed by atoms with Crippen molar-refractivity contribution in [2.45, 2.75) is 32.7 Å². The zero-order valence-electron chi connectivity index (χ0n) is 10.2. The van der Waals surface area contributed by atoms with Crippen molar-refractivity contribution in [2.75, 3.05) is 13.1 Å². The molecular weight excluding hydrogens is 218 g/mol. The molecule has 0 aromatic carbocycles. The van der Waals surface area contributed by atoms with Gasteiger partial charge < -0.3 is 15.1 Å². The molecule has 0 bridgehead atoms. The van der Waals surface area contributed by atoms with Crippen LogP contribution >= 0.6 is 0 Å². The van der Waals surface area contributed by atoms with E-state index in [1.165, 1.54) is 0 Å². The summed E-state index contributed by atoms with van der Waals surface area (Å²) < 4.78 is 5.43. The Labute approximate surface area is 101 Å². The molecule has 0 radical (unpaired) electrons. The number of oxazole rings is 1. The van der Waals surface area contributed by atoms with E-state index in [0.29, 0.717) is 12.4 Å². The molecule has 0 atom stereocenters. The number of rotatable bonds is 4. The van der Waals surface area contributed by atoms with E-state index in [1.807, 2.05) is 6.92 Å². The van der Waals surface area contributed by atoms with Crippen LogP contribution in [0.15, 0.2) is 10.6 Å². The molecule has 1 aliphatic heterocycles. The molecule has 94 valence electrons. The van der Waals surface area contributed by atoms with E-state index in [-0.39, 0.29) is 11.8 Å². The highest BCUT2D eigenvalue weighted by molar-refractivity contribution is 5.78. The summed E-state index contributed by atoms with van der Waals surface area (Å²) in [7, 11) is 0. The third kappa shape index (κ3) is 3.30. The third-order valence-electron chi connectivity index (χ3n) is 3.07. The fourth-order valence-electron chi connectivity index (χ4n) is 1.98. The molecule has 1 fully saturated rings. The van der Waals surface area contributed by atoms with Gasteiger partial charge in [0.1, 0.15) is 5.76 Å². The lowest BCUT2D eigenvalue weighted by Gasteiger charge is -2.21. The lowest BCUT2D eigenvalue weighted by atomic mass is 9.97. The number of aryl methyl sites for hydroxylation is 1. The number of hydrogen-bond acceptors (Lipinski definition) is 4. The van der Waals surface area contributed by atoms with Crippen LogP contribution in [0.3, 0.4) is 0 Å². The van der Waals surface area contributed by atoms with Crippen molar-refractivity contribution >= 4 is 5.91 Å². The molecule has 1 aromatic rings. The number of nitrogens with one attached hydrogen (secondary N) is 2. The Balaban J connectivity index is 1.78. The second-order valence-electron chi connectivity index (χ2n) is 4.32. The van der Waals surface area contributed by atoms with E-state index in [9.17, 15) is 4.79 Å². The first-order valence-corrected chi connectivity index (χ1v) is 6.21. The molecule has 1 amide bonds. The summed E-state index contributed by atoms with van der Waals surface area (Å²) in [4.78, 5) is 15.9. The zero-order valence-corrected chi connectivity index (χ0v) is 10.2. The van der Waals surface area contributed by atoms with Gasteiger partial charge in [0.15, 0.2) is 0 Å². The molecule has 0 saturated carbocycles. The van der Waals surface area contributed by atoms with Gasteiger partial charge in [0.2, 0.25) is 11.8 Å². The topological polar surface area (TPSA) is 67.2 Å². The van der Waals surface area contributed by atoms with Crippen LogP contribution in [0.5, 0.6) is 0 Å². The first-order valence-electron chi connectivity index (χ1n) is 6.21. The summed E-state index contributed by atoms with van der Waals surface area (Å²) in [6, 6.07) is 0. The Morgan fingerprint density at radius 2 is 2.35 bits per heavy atom. The summed E-state index contributed by atoms with van der Waals surface area (Å²) in [5.41, 5.74) is 0. The molecule has 5 nitrogen and oxygen atoms in total. The van der Waals surface area contributed by atoms with Crippen molar-refractivity contribution in [1.29, 1.82) is 0 Å². The largest absolute Gasteiger partial charge is 0.444 e. The number of aromatic nitrogens is 1. The highest BCUT2D eigenvalue weighted by Gasteiger charge is 2.20. The Morgan fingerprint density at radius 1 is 1.59 bits per heavy atom. The van der Waals surface area contributed by atoms with E-state index in [1.54, 1.807) is 6.20 Å². The fourth-order valence-corrected chi connectivity index (χ4v) is 1.98. The lowest BCUT2D eigenvalue weighted by molar-refractivity contribution is -0.126. The molecule has 1 aliphatic rings. The molecule has 0 unspecified atom stereocenters. The Kier molecular flexibility index (Phi) is 4.14. The molecule has 5 heteroatoms. The summed E-state index contributed by atoms with van der Waals surface area (Å²) >= 11 is 0. The SMILES string of the molecule is CCc1cnc(CNC(=O)C2CCNCC2)o1. The van der Waals surface area contributed by atoms with Gasteiger partial charge in [-0.2, -0.15) is 0 Å². The molecule has 0 aliphatic carbocycles. The first-order chi connectivity index (χ1) is 8.29. The van der Waals surface area contributed by atoms with Gasteiger partial charge in [0.25, 0.3) is 0 Å². The average Bonchev–Trinajstić information content (AvgIpc) is 2.85. The number of piperidine rings is 1. The first kappa shape index (κ1) is 12.1. The minimum absolute atomic E-state index is 0.114. The molecule has 1 aromatic heterocycles. The van der Waals surface area contributed by atoms with E-state index in [0.717, 1.165) is 38.1 Å². The van der Waals surface area contributed by atoms with Crippen LogP contribution in [0.2, 0.25) is 0 Å². The van der Waals surface area contributed by atoms with E-state index >= 15 is 0 Å². The monoisotopic (exact) mass is 237 g/mol. The van der Waals surface area contributed by atoms with Crippen LogP contribution in [-0.2, 0) is 17.8 Å². The summed E-state index contributed by atoms with van der Waals surface area (Å²) in [6.07, 6.45) is 4.37. The number of nitrogens with zero attached hydrogens (tertiary/aromatic N) is 1. The fraction of sp³-hybridized carbons (Fsp3) is 0.667. The van der Waals surface area contributed by atoms with Crippen LogP contribution in [0.4, 0.5) is 0 Å². The summed E-state index contributed by atoms with van der Waals surface area (Å²) in [6.45, 7) is 4.26. The van der Waals surface area contributed by atoms with Crippen LogP contribution in [0.25, 0.3) is 0 Å². The molecule has 1 saturated heterocycles. The van der Waals surface area contributed by atoms with Gasteiger partial charge in [-0.25, -0.2) is 4.98 Å². The number of carbonyl (C=O) groups is 1. The summed E-state index contributed by atoms with van der Waals surface area (Å²) in [5, 5.41) is 6.13. The maximum absolute atomic E-state index is 11.8. The standard InChI is InChI=1S/C12H19N3O2/c1-2-10-7-14-11(17-10)8-15-12(16)9-3-5-13-6-4-9/h7,9,13H,2-6,8H2,1H3,(H,15,16). The number of amides is 1. The second-order valence-corrected chi connectivity index (χ2v) is 4.32. The molecule has 2 rings (SSSR count). The van der Waals surface area contributed by atoms with Crippen molar-refractivity contribution in [2.24, 2.45) is 5.92 Å². The highest BCUT2D eigenvalue weighted by atomic mass is 16.4. The molecular formula is C12H19N3O2. The average molecular weight is 237 g/mol. The smallest absolute Gasteiger partial charge is 0.223 e. The maximum atomic E-state index is 11.8. The Bertz CT molecular complexity index is 370. The van der Waals surface area contributed by atoms with Crippen LogP contribution in [0, 0.1) is 5.92 Å². The second kappa shape index (κ2) is 5.82. The minimum atomic E-state index is 0.114. The Morgan fingerprint density at radius 3 is 3.00 bits per heavy atom. The van der Waals surface area contributed by atoms with Crippen molar-refractivity contribution in [3.63, 3.8) is 0 Å². The number of hydrogen-bond donors (Lipinski definition) is 2. The molecule has 17 heavy (non-hydrogen) atoms. The van der Waals surface area contributed by atoms with Crippen LogP contribution < -0.4 is 10.6 Å². The van der Waals surface area contributed by atoms with Gasteiger partial charge in [0, 0.05) is 12.3 Å². The van der Waals surface area contributed by atoms with E-state index in [4.69, 9.17) is 4.42 Å². The van der Waals surface area contributed by atoms with Gasteiger partial charge in [-0.05, 0) is 25.9 Å². The molecule has 2 N–H and O–H groups in total. The van der Waals surface area contributed by atoms with Crippen molar-refractivity contribution < 1.29 is 9.21 Å². The van der Waals surface area contributed by atoms with Gasteiger partial charge in [-0.1, -0.05) is 6.92 Å². The molecule has 2 heterocycles. The predicted molar refractivity (Wildman–Crippen MR) is 63.3 cm³/mol. The Hall–Kier alpha value is -1.36. The quantitative estimate of drug-likeness (QED) is 0.814. The van der Waals surface area contributed by atoms with Gasteiger partial charge in [0.05, 0.1) is 12.7 Å². The third-order valence-corrected chi connectivity index (χ3v) is 3.07. The lowest BCUT2D eigenvalue weighted by Crippen LogP contribution is -2.37. The number of carbonyl (C=O) groups excluding carboxylic acids is 1. The summed E-state index contributed by atoms with van der Waals surface area (Å²) in [5.74, 6) is 1.69. The van der Waals surface area contributed by atoms with Gasteiger partial charge in [-0.3, -0.25) is 4.79 Å². The van der Waals surface area contributed by atoms with Crippen LogP contribution in [-0.4, -0.2) is 24.0 Å². The normalized spacial score (nSPS) is 17.0. The van der Waals surface area contributed by atoms with E-state index in [2.05, 4.69) is 15.6 Å². The van der Waals surface area contributed by atoms with Crippen molar-refractivity contribution in [1.82, 2.24) is 15.6 Å². The van der Waals surface area contributed by atoms with Crippen molar-refractivity contribution in [3.05, 3.63) is 17.8 Å². The van der Waals surface area contributed by atoms with Crippen LogP contribution in [0.1, 0.15) is 31.4 Å². The van der Waals surface area contributed by atoms with Crippen molar-refractivity contribution in [3.8, 4) is 0 Å².